The highest BCUT2D eigenvalue weighted by atomic mass is 35.5. The van der Waals surface area contributed by atoms with E-state index >= 15 is 0 Å². The van der Waals surface area contributed by atoms with Crippen molar-refractivity contribution in [2.75, 3.05) is 18.0 Å². The summed E-state index contributed by atoms with van der Waals surface area (Å²) < 4.78 is 0. The number of benzene rings is 1. The third-order valence-corrected chi connectivity index (χ3v) is 7.63. The second kappa shape index (κ2) is 7.16. The molecule has 0 radical (unpaired) electrons. The van der Waals surface area contributed by atoms with Crippen LogP contribution in [0.5, 0.6) is 0 Å². The van der Waals surface area contributed by atoms with E-state index in [9.17, 15) is 4.79 Å². The van der Waals surface area contributed by atoms with Gasteiger partial charge in [0, 0.05) is 24.8 Å². The van der Waals surface area contributed by atoms with Gasteiger partial charge < -0.3 is 4.90 Å². The van der Waals surface area contributed by atoms with Gasteiger partial charge in [-0.15, -0.1) is 12.4 Å². The van der Waals surface area contributed by atoms with Gasteiger partial charge in [-0.3, -0.25) is 9.69 Å². The highest BCUT2D eigenvalue weighted by molar-refractivity contribution is 6.02. The van der Waals surface area contributed by atoms with Gasteiger partial charge in [0.2, 0.25) is 5.91 Å². The molecular weight excluding hydrogens is 344 g/mol. The van der Waals surface area contributed by atoms with Crippen molar-refractivity contribution in [2.24, 2.45) is 11.8 Å². The molecule has 2 saturated heterocycles. The molecule has 142 valence electrons. The van der Waals surface area contributed by atoms with Gasteiger partial charge in [-0.05, 0) is 62.5 Å². The SMILES string of the molecule is Cl.O=C1CC2(CCN(C3C4CCCC3CCC4)CC2)N1c1ccccc1. The highest BCUT2D eigenvalue weighted by Gasteiger charge is 2.54. The number of piperidine rings is 1. The number of para-hydroxylation sites is 1. The van der Waals surface area contributed by atoms with Crippen LogP contribution in [0.15, 0.2) is 30.3 Å². The second-order valence-electron chi connectivity index (χ2n) is 8.87. The second-order valence-corrected chi connectivity index (χ2v) is 8.87. The maximum atomic E-state index is 12.4. The largest absolute Gasteiger partial charge is 0.306 e. The summed E-state index contributed by atoms with van der Waals surface area (Å²) in [6, 6.07) is 11.2. The Morgan fingerprint density at radius 1 is 0.885 bits per heavy atom. The summed E-state index contributed by atoms with van der Waals surface area (Å²) in [7, 11) is 0. The number of hydrogen-bond donors (Lipinski definition) is 0. The first kappa shape index (κ1) is 18.3. The van der Waals surface area contributed by atoms with Crippen molar-refractivity contribution in [1.29, 1.82) is 0 Å². The molecule has 1 aromatic rings. The van der Waals surface area contributed by atoms with Gasteiger partial charge in [0.05, 0.1) is 12.0 Å². The first-order chi connectivity index (χ1) is 12.3. The molecule has 5 rings (SSSR count). The Morgan fingerprint density at radius 2 is 1.46 bits per heavy atom. The van der Waals surface area contributed by atoms with E-state index < -0.39 is 0 Å². The minimum absolute atomic E-state index is 0. The molecule has 2 heterocycles. The average molecular weight is 375 g/mol. The molecule has 3 nitrogen and oxygen atoms in total. The number of likely N-dealkylation sites (tertiary alicyclic amines) is 1. The molecule has 0 unspecified atom stereocenters. The number of rotatable bonds is 2. The topological polar surface area (TPSA) is 23.6 Å². The number of halogens is 1. The van der Waals surface area contributed by atoms with Crippen molar-refractivity contribution < 1.29 is 4.79 Å². The van der Waals surface area contributed by atoms with Gasteiger partial charge in [0.15, 0.2) is 0 Å². The van der Waals surface area contributed by atoms with Crippen molar-refractivity contribution in [1.82, 2.24) is 4.90 Å². The third-order valence-electron chi connectivity index (χ3n) is 7.63. The maximum absolute atomic E-state index is 12.4. The normalized spacial score (nSPS) is 33.5. The number of nitrogens with zero attached hydrogens (tertiary/aromatic N) is 2. The van der Waals surface area contributed by atoms with Gasteiger partial charge in [0.25, 0.3) is 0 Å². The van der Waals surface area contributed by atoms with Crippen LogP contribution in [0.4, 0.5) is 5.69 Å². The van der Waals surface area contributed by atoms with Gasteiger partial charge in [-0.2, -0.15) is 0 Å². The summed E-state index contributed by atoms with van der Waals surface area (Å²) in [6.07, 6.45) is 11.8. The molecule has 2 aliphatic carbocycles. The quantitative estimate of drug-likeness (QED) is 0.703. The summed E-state index contributed by atoms with van der Waals surface area (Å²) in [6.45, 7) is 2.38. The van der Waals surface area contributed by atoms with Crippen molar-refractivity contribution >= 4 is 24.0 Å². The lowest BCUT2D eigenvalue weighted by molar-refractivity contribution is -0.130. The first-order valence-electron chi connectivity index (χ1n) is 10.4. The minimum atomic E-state index is 0. The molecule has 2 bridgehead atoms. The standard InChI is InChI=1S/C22H30N2O.ClH/c25-20-16-22(24(20)19-10-2-1-3-11-19)12-14-23(15-13-22)21-17-6-4-7-18(21)9-5-8-17;/h1-3,10-11,17-18,21H,4-9,12-16H2;1H. The molecule has 1 spiro atoms. The molecule has 2 aliphatic heterocycles. The van der Waals surface area contributed by atoms with Gasteiger partial charge in [-0.25, -0.2) is 0 Å². The number of hydrogen-bond acceptors (Lipinski definition) is 2. The van der Waals surface area contributed by atoms with Crippen LogP contribution in [0, 0.1) is 11.8 Å². The average Bonchev–Trinajstić information content (AvgIpc) is 2.62. The molecule has 0 aromatic heterocycles. The van der Waals surface area contributed by atoms with Crippen molar-refractivity contribution in [3.63, 3.8) is 0 Å². The zero-order valence-corrected chi connectivity index (χ0v) is 16.4. The number of anilines is 1. The van der Waals surface area contributed by atoms with Crippen molar-refractivity contribution in [2.45, 2.75) is 69.4 Å². The maximum Gasteiger partial charge on any atom is 0.229 e. The van der Waals surface area contributed by atoms with Crippen LogP contribution >= 0.6 is 12.4 Å². The van der Waals surface area contributed by atoms with Crippen LogP contribution in [0.2, 0.25) is 0 Å². The molecule has 4 fully saturated rings. The van der Waals surface area contributed by atoms with E-state index in [-0.39, 0.29) is 17.9 Å². The molecule has 26 heavy (non-hydrogen) atoms. The van der Waals surface area contributed by atoms with Gasteiger partial charge >= 0.3 is 0 Å². The monoisotopic (exact) mass is 374 g/mol. The summed E-state index contributed by atoms with van der Waals surface area (Å²) in [4.78, 5) is 17.3. The van der Waals surface area contributed by atoms with Crippen LogP contribution in [0.3, 0.4) is 0 Å². The van der Waals surface area contributed by atoms with Crippen LogP contribution in [-0.4, -0.2) is 35.5 Å². The molecule has 0 atom stereocenters. The Kier molecular flexibility index (Phi) is 5.04. The van der Waals surface area contributed by atoms with E-state index in [1.54, 1.807) is 0 Å². The fraction of sp³-hybridized carbons (Fsp3) is 0.682. The van der Waals surface area contributed by atoms with Crippen molar-refractivity contribution in [3.8, 4) is 0 Å². The summed E-state index contributed by atoms with van der Waals surface area (Å²) in [5, 5.41) is 0. The van der Waals surface area contributed by atoms with Crippen LogP contribution in [0.1, 0.15) is 57.8 Å². The Balaban J connectivity index is 0.00000168. The Bertz CT molecular complexity index is 619. The number of carbonyl (C=O) groups is 1. The minimum Gasteiger partial charge on any atom is -0.306 e. The van der Waals surface area contributed by atoms with E-state index in [0.717, 1.165) is 42.8 Å². The Labute approximate surface area is 163 Å². The molecule has 1 aromatic carbocycles. The van der Waals surface area contributed by atoms with Crippen LogP contribution < -0.4 is 4.90 Å². The smallest absolute Gasteiger partial charge is 0.229 e. The summed E-state index contributed by atoms with van der Waals surface area (Å²) in [5.41, 5.74) is 1.21. The Hall–Kier alpha value is -1.06. The highest BCUT2D eigenvalue weighted by Crippen LogP contribution is 2.47. The van der Waals surface area contributed by atoms with Crippen LogP contribution in [0.25, 0.3) is 0 Å². The lowest BCUT2D eigenvalue weighted by atomic mass is 9.66. The third kappa shape index (κ3) is 2.88. The van der Waals surface area contributed by atoms with Crippen LogP contribution in [-0.2, 0) is 4.79 Å². The number of carbonyl (C=O) groups excluding carboxylic acids is 1. The van der Waals surface area contributed by atoms with E-state index in [0.29, 0.717) is 5.91 Å². The van der Waals surface area contributed by atoms with E-state index in [4.69, 9.17) is 0 Å². The zero-order valence-electron chi connectivity index (χ0n) is 15.6. The number of β-lactam (4-membered cyclic amide) rings is 1. The predicted molar refractivity (Wildman–Crippen MR) is 108 cm³/mol. The molecule has 1 amide bonds. The fourth-order valence-corrected chi connectivity index (χ4v) is 6.48. The fourth-order valence-electron chi connectivity index (χ4n) is 6.48. The zero-order chi connectivity index (χ0) is 16.9. The lowest BCUT2D eigenvalue weighted by Crippen LogP contribution is -2.68. The molecular formula is C22H31ClN2O. The molecule has 4 aliphatic rings. The predicted octanol–water partition coefficient (Wildman–Crippen LogP) is 4.65. The summed E-state index contributed by atoms with van der Waals surface area (Å²) in [5.74, 6) is 2.22. The molecule has 0 N–H and O–H groups in total. The molecule has 2 saturated carbocycles. The van der Waals surface area contributed by atoms with E-state index in [2.05, 4.69) is 21.9 Å². The van der Waals surface area contributed by atoms with Crippen molar-refractivity contribution in [3.05, 3.63) is 30.3 Å². The van der Waals surface area contributed by atoms with E-state index in [1.165, 1.54) is 51.6 Å². The van der Waals surface area contributed by atoms with Gasteiger partial charge in [-0.1, -0.05) is 31.0 Å². The number of amides is 1. The lowest BCUT2D eigenvalue weighted by Gasteiger charge is -2.58. The summed E-state index contributed by atoms with van der Waals surface area (Å²) >= 11 is 0. The first-order valence-corrected chi connectivity index (χ1v) is 10.4. The van der Waals surface area contributed by atoms with Gasteiger partial charge in [0.1, 0.15) is 0 Å². The molecule has 4 heteroatoms. The number of fused-ring (bicyclic) bond motifs is 2. The Morgan fingerprint density at radius 3 is 2.00 bits per heavy atom. The van der Waals surface area contributed by atoms with E-state index in [1.807, 2.05) is 18.2 Å².